The third-order valence-electron chi connectivity index (χ3n) is 6.95. The van der Waals surface area contributed by atoms with Crippen molar-refractivity contribution in [2.24, 2.45) is 5.41 Å². The van der Waals surface area contributed by atoms with Crippen molar-refractivity contribution in [2.75, 3.05) is 13.2 Å². The summed E-state index contributed by atoms with van der Waals surface area (Å²) in [6, 6.07) is 0. The van der Waals surface area contributed by atoms with Crippen LogP contribution in [0.5, 0.6) is 0 Å². The van der Waals surface area contributed by atoms with E-state index in [1.54, 1.807) is 0 Å². The van der Waals surface area contributed by atoms with Gasteiger partial charge in [-0.2, -0.15) is 0 Å². The van der Waals surface area contributed by atoms with Gasteiger partial charge < -0.3 is 18.6 Å². The summed E-state index contributed by atoms with van der Waals surface area (Å²) < 4.78 is 24.5. The Morgan fingerprint density at radius 2 is 1.80 bits per heavy atom. The standard InChI is InChI=1S/C19H34O5Si/c1-17(2,3)25(5,6)24-14-7-8-16(20)23-15-13-19(21-11-12-22-19)10-9-18(14,15)4/h14-15H,7-13H2,1-6H3/t14-,15+,18+/m0/s1. The second kappa shape index (κ2) is 6.32. The van der Waals surface area contributed by atoms with Crippen LogP contribution in [-0.2, 0) is 23.4 Å². The van der Waals surface area contributed by atoms with E-state index in [-0.39, 0.29) is 28.6 Å². The van der Waals surface area contributed by atoms with Crippen LogP contribution < -0.4 is 0 Å². The first-order chi connectivity index (χ1) is 11.5. The van der Waals surface area contributed by atoms with E-state index in [4.69, 9.17) is 18.6 Å². The smallest absolute Gasteiger partial charge is 0.306 e. The van der Waals surface area contributed by atoms with E-state index in [1.807, 2.05) is 0 Å². The predicted molar refractivity (Wildman–Crippen MR) is 97.8 cm³/mol. The monoisotopic (exact) mass is 370 g/mol. The average Bonchev–Trinajstić information content (AvgIpc) is 2.90. The molecule has 0 aromatic carbocycles. The molecule has 0 aromatic heterocycles. The topological polar surface area (TPSA) is 54.0 Å². The average molecular weight is 371 g/mol. The maximum Gasteiger partial charge on any atom is 0.306 e. The number of rotatable bonds is 2. The summed E-state index contributed by atoms with van der Waals surface area (Å²) in [5.41, 5.74) is -0.178. The van der Waals surface area contributed by atoms with E-state index in [2.05, 4.69) is 40.8 Å². The van der Waals surface area contributed by atoms with Crippen LogP contribution in [0.2, 0.25) is 18.1 Å². The van der Waals surface area contributed by atoms with Gasteiger partial charge in [-0.3, -0.25) is 4.79 Å². The number of esters is 1. The summed E-state index contributed by atoms with van der Waals surface area (Å²) in [6.45, 7) is 14.8. The number of hydrogen-bond acceptors (Lipinski definition) is 5. The van der Waals surface area contributed by atoms with E-state index in [1.165, 1.54) is 0 Å². The van der Waals surface area contributed by atoms with Gasteiger partial charge in [0.15, 0.2) is 14.1 Å². The molecule has 3 fully saturated rings. The molecule has 6 heteroatoms. The van der Waals surface area contributed by atoms with Crippen LogP contribution in [-0.4, -0.2) is 45.5 Å². The van der Waals surface area contributed by atoms with Gasteiger partial charge in [-0.15, -0.1) is 0 Å². The number of ether oxygens (including phenoxy) is 3. The summed E-state index contributed by atoms with van der Waals surface area (Å²) >= 11 is 0. The Hall–Kier alpha value is -0.433. The molecule has 0 amide bonds. The zero-order valence-electron chi connectivity index (χ0n) is 16.6. The molecule has 3 atom stereocenters. The quantitative estimate of drug-likeness (QED) is 0.543. The molecular weight excluding hydrogens is 336 g/mol. The van der Waals surface area contributed by atoms with Crippen molar-refractivity contribution in [1.82, 2.24) is 0 Å². The predicted octanol–water partition coefficient (Wildman–Crippen LogP) is 4.02. The molecule has 0 bridgehead atoms. The molecule has 144 valence electrons. The van der Waals surface area contributed by atoms with Crippen LogP contribution in [0.25, 0.3) is 0 Å². The minimum absolute atomic E-state index is 0.0450. The number of carbonyl (C=O) groups excluding carboxylic acids is 1. The lowest BCUT2D eigenvalue weighted by atomic mass is 9.67. The van der Waals surface area contributed by atoms with E-state index in [0.29, 0.717) is 26.1 Å². The van der Waals surface area contributed by atoms with Crippen molar-refractivity contribution in [2.45, 2.75) is 95.9 Å². The van der Waals surface area contributed by atoms with Gasteiger partial charge in [-0.05, 0) is 31.0 Å². The van der Waals surface area contributed by atoms with Crippen molar-refractivity contribution in [3.63, 3.8) is 0 Å². The molecule has 0 radical (unpaired) electrons. The summed E-state index contributed by atoms with van der Waals surface area (Å²) in [5, 5.41) is 0.142. The van der Waals surface area contributed by atoms with E-state index < -0.39 is 14.1 Å². The van der Waals surface area contributed by atoms with Gasteiger partial charge in [0.25, 0.3) is 0 Å². The first-order valence-electron chi connectivity index (χ1n) is 9.63. The molecule has 1 saturated carbocycles. The Morgan fingerprint density at radius 1 is 1.16 bits per heavy atom. The highest BCUT2D eigenvalue weighted by Gasteiger charge is 2.57. The molecule has 1 spiro atoms. The fourth-order valence-electron chi connectivity index (χ4n) is 4.06. The Labute approximate surface area is 152 Å². The summed E-state index contributed by atoms with van der Waals surface area (Å²) in [6.07, 6.45) is 3.37. The molecule has 2 saturated heterocycles. The van der Waals surface area contributed by atoms with Gasteiger partial charge in [-0.1, -0.05) is 27.7 Å². The Bertz CT molecular complexity index is 520. The largest absolute Gasteiger partial charge is 0.461 e. The summed E-state index contributed by atoms with van der Waals surface area (Å²) in [5.74, 6) is -0.677. The normalized spacial score (nSPS) is 36.0. The lowest BCUT2D eigenvalue weighted by Gasteiger charge is -2.51. The highest BCUT2D eigenvalue weighted by Crippen LogP contribution is 2.52. The van der Waals surface area contributed by atoms with Crippen molar-refractivity contribution in [3.05, 3.63) is 0 Å². The first-order valence-corrected chi connectivity index (χ1v) is 12.5. The van der Waals surface area contributed by atoms with Gasteiger partial charge >= 0.3 is 5.97 Å². The SMILES string of the molecule is CC(C)(C)[Si](C)(C)O[C@H]1CCC(=O)O[C@@H]2CC3(CC[C@]12C)OCCO3. The molecule has 2 aliphatic heterocycles. The minimum atomic E-state index is -1.93. The third-order valence-corrected chi connectivity index (χ3v) is 11.4. The van der Waals surface area contributed by atoms with Crippen LogP contribution in [0.4, 0.5) is 0 Å². The van der Waals surface area contributed by atoms with Gasteiger partial charge in [0, 0.05) is 24.7 Å². The summed E-state index contributed by atoms with van der Waals surface area (Å²) in [4.78, 5) is 12.2. The molecule has 5 nitrogen and oxygen atoms in total. The van der Waals surface area contributed by atoms with Gasteiger partial charge in [-0.25, -0.2) is 0 Å². The zero-order valence-corrected chi connectivity index (χ0v) is 17.6. The highest BCUT2D eigenvalue weighted by molar-refractivity contribution is 6.74. The fourth-order valence-corrected chi connectivity index (χ4v) is 5.52. The molecule has 1 aliphatic carbocycles. The van der Waals surface area contributed by atoms with Gasteiger partial charge in [0.05, 0.1) is 19.3 Å². The van der Waals surface area contributed by atoms with E-state index in [0.717, 1.165) is 19.3 Å². The van der Waals surface area contributed by atoms with Crippen LogP contribution >= 0.6 is 0 Å². The molecular formula is C19H34O5Si. The minimum Gasteiger partial charge on any atom is -0.461 e. The van der Waals surface area contributed by atoms with Crippen molar-refractivity contribution < 1.29 is 23.4 Å². The summed E-state index contributed by atoms with van der Waals surface area (Å²) in [7, 11) is -1.93. The maximum atomic E-state index is 12.2. The van der Waals surface area contributed by atoms with Crippen LogP contribution in [0.1, 0.15) is 59.8 Å². The lowest BCUT2D eigenvalue weighted by molar-refractivity contribution is -0.232. The molecule has 3 rings (SSSR count). The third kappa shape index (κ3) is 3.55. The van der Waals surface area contributed by atoms with Crippen LogP contribution in [0.15, 0.2) is 0 Å². The van der Waals surface area contributed by atoms with Crippen molar-refractivity contribution in [1.29, 1.82) is 0 Å². The second-order valence-corrected chi connectivity index (χ2v) is 14.5. The number of hydrogen-bond donors (Lipinski definition) is 0. The molecule has 3 aliphatic rings. The van der Waals surface area contributed by atoms with Crippen LogP contribution in [0.3, 0.4) is 0 Å². The Morgan fingerprint density at radius 3 is 2.40 bits per heavy atom. The number of carbonyl (C=O) groups is 1. The van der Waals surface area contributed by atoms with E-state index >= 15 is 0 Å². The molecule has 2 heterocycles. The molecule has 0 unspecified atom stereocenters. The van der Waals surface area contributed by atoms with Crippen molar-refractivity contribution in [3.8, 4) is 0 Å². The molecule has 0 aromatic rings. The maximum absolute atomic E-state index is 12.2. The van der Waals surface area contributed by atoms with Gasteiger partial charge in [0.1, 0.15) is 6.10 Å². The first kappa shape index (κ1) is 19.3. The van der Waals surface area contributed by atoms with E-state index in [9.17, 15) is 4.79 Å². The van der Waals surface area contributed by atoms with Gasteiger partial charge in [0.2, 0.25) is 0 Å². The second-order valence-electron chi connectivity index (χ2n) is 9.70. The zero-order chi connectivity index (χ0) is 18.5. The lowest BCUT2D eigenvalue weighted by Crippen LogP contribution is -2.56. The van der Waals surface area contributed by atoms with Crippen molar-refractivity contribution >= 4 is 14.3 Å². The Balaban J connectivity index is 1.85. The number of fused-ring (bicyclic) bond motifs is 1. The highest BCUT2D eigenvalue weighted by atomic mass is 28.4. The molecule has 0 N–H and O–H groups in total. The molecule has 25 heavy (non-hydrogen) atoms. The fraction of sp³-hybridized carbons (Fsp3) is 0.947. The Kier molecular flexibility index (Phi) is 4.89. The van der Waals surface area contributed by atoms with Crippen LogP contribution in [0, 0.1) is 5.41 Å².